The fraction of sp³-hybridized carbons (Fsp3) is 0.364. The van der Waals surface area contributed by atoms with Crippen LogP contribution in [-0.4, -0.2) is 69.0 Å². The molecule has 1 amide bonds. The molecule has 1 aliphatic rings. The molecule has 1 N–H and O–H groups in total. The van der Waals surface area contributed by atoms with Gasteiger partial charge in [0.1, 0.15) is 0 Å². The van der Waals surface area contributed by atoms with Crippen LogP contribution in [0.3, 0.4) is 0 Å². The van der Waals surface area contributed by atoms with Gasteiger partial charge in [0.05, 0.1) is 18.9 Å². The van der Waals surface area contributed by atoms with Gasteiger partial charge < -0.3 is 10.1 Å². The zero-order chi connectivity index (χ0) is 22.6. The Morgan fingerprint density at radius 3 is 2.19 bits per heavy atom. The minimum Gasteiger partial charge on any atom is -0.465 e. The number of aryl methyl sites for hydroxylation is 1. The van der Waals surface area contributed by atoms with Gasteiger partial charge in [0.2, 0.25) is 10.0 Å². The fourth-order valence-corrected chi connectivity index (χ4v) is 4.26. The molecule has 0 spiro atoms. The van der Waals surface area contributed by atoms with Crippen LogP contribution in [0, 0.1) is 6.92 Å². The van der Waals surface area contributed by atoms with E-state index in [0.717, 1.165) is 11.1 Å². The SMILES string of the molecule is COC(=O)c1ccc(C)c(NC(=O)c2ccc(CN3CCN(S(C)(=O)=O)CC3)cc2)c1. The van der Waals surface area contributed by atoms with Gasteiger partial charge >= 0.3 is 5.97 Å². The number of nitrogens with zero attached hydrogens (tertiary/aromatic N) is 2. The Kier molecular flexibility index (Phi) is 7.09. The van der Waals surface area contributed by atoms with Crippen LogP contribution in [0.25, 0.3) is 0 Å². The smallest absolute Gasteiger partial charge is 0.337 e. The highest BCUT2D eigenvalue weighted by atomic mass is 32.2. The largest absolute Gasteiger partial charge is 0.465 e. The van der Waals surface area contributed by atoms with Gasteiger partial charge in [-0.15, -0.1) is 0 Å². The first-order chi connectivity index (χ1) is 14.7. The number of ether oxygens (including phenoxy) is 1. The van der Waals surface area contributed by atoms with Crippen molar-refractivity contribution in [3.05, 3.63) is 64.7 Å². The van der Waals surface area contributed by atoms with Crippen LogP contribution in [-0.2, 0) is 21.3 Å². The van der Waals surface area contributed by atoms with Crippen LogP contribution in [0.5, 0.6) is 0 Å². The molecule has 0 atom stereocenters. The third-order valence-electron chi connectivity index (χ3n) is 5.33. The molecule has 8 nitrogen and oxygen atoms in total. The molecule has 1 aliphatic heterocycles. The third kappa shape index (κ3) is 5.90. The second-order valence-electron chi connectivity index (χ2n) is 7.61. The summed E-state index contributed by atoms with van der Waals surface area (Å²) in [5.74, 6) is -0.726. The molecule has 1 fully saturated rings. The lowest BCUT2D eigenvalue weighted by Gasteiger charge is -2.33. The summed E-state index contributed by atoms with van der Waals surface area (Å²) < 4.78 is 29.5. The van der Waals surface area contributed by atoms with E-state index in [2.05, 4.69) is 10.2 Å². The minimum absolute atomic E-state index is 0.265. The Bertz CT molecular complexity index is 1060. The predicted octanol–water partition coefficient (Wildman–Crippen LogP) is 2.11. The molecule has 0 saturated carbocycles. The molecule has 0 unspecified atom stereocenters. The molecule has 2 aromatic carbocycles. The second kappa shape index (κ2) is 9.59. The molecule has 0 radical (unpaired) electrons. The van der Waals surface area contributed by atoms with Crippen molar-refractivity contribution < 1.29 is 22.7 Å². The van der Waals surface area contributed by atoms with Gasteiger partial charge in [-0.1, -0.05) is 18.2 Å². The van der Waals surface area contributed by atoms with Crippen molar-refractivity contribution in [2.45, 2.75) is 13.5 Å². The van der Waals surface area contributed by atoms with Crippen LogP contribution in [0.4, 0.5) is 5.69 Å². The Morgan fingerprint density at radius 1 is 1.00 bits per heavy atom. The Balaban J connectivity index is 1.60. The van der Waals surface area contributed by atoms with E-state index in [1.807, 2.05) is 19.1 Å². The van der Waals surface area contributed by atoms with E-state index in [1.54, 1.807) is 30.3 Å². The zero-order valence-corrected chi connectivity index (χ0v) is 18.7. The summed E-state index contributed by atoms with van der Waals surface area (Å²) in [4.78, 5) is 26.6. The number of hydrogen-bond donors (Lipinski definition) is 1. The number of carbonyl (C=O) groups excluding carboxylic acids is 2. The maximum atomic E-state index is 12.6. The highest BCUT2D eigenvalue weighted by Crippen LogP contribution is 2.19. The number of methoxy groups -OCH3 is 1. The average Bonchev–Trinajstić information content (AvgIpc) is 2.75. The van der Waals surface area contributed by atoms with Crippen molar-refractivity contribution in [3.8, 4) is 0 Å². The molecular weight excluding hydrogens is 418 g/mol. The maximum absolute atomic E-state index is 12.6. The van der Waals surface area contributed by atoms with Crippen molar-refractivity contribution in [2.75, 3.05) is 44.9 Å². The van der Waals surface area contributed by atoms with Crippen molar-refractivity contribution in [3.63, 3.8) is 0 Å². The van der Waals surface area contributed by atoms with Gasteiger partial charge in [-0.25, -0.2) is 13.2 Å². The summed E-state index contributed by atoms with van der Waals surface area (Å²) in [5.41, 5.74) is 3.32. The summed E-state index contributed by atoms with van der Waals surface area (Å²) >= 11 is 0. The fourth-order valence-electron chi connectivity index (χ4n) is 3.43. The van der Waals surface area contributed by atoms with Crippen LogP contribution in [0.15, 0.2) is 42.5 Å². The van der Waals surface area contributed by atoms with E-state index in [0.29, 0.717) is 49.5 Å². The Morgan fingerprint density at radius 2 is 1.61 bits per heavy atom. The van der Waals surface area contributed by atoms with E-state index in [-0.39, 0.29) is 5.91 Å². The van der Waals surface area contributed by atoms with E-state index in [4.69, 9.17) is 4.74 Å². The number of sulfonamides is 1. The molecule has 9 heteroatoms. The van der Waals surface area contributed by atoms with Gasteiger partial charge in [-0.2, -0.15) is 4.31 Å². The minimum atomic E-state index is -3.14. The topological polar surface area (TPSA) is 96.0 Å². The number of esters is 1. The summed E-state index contributed by atoms with van der Waals surface area (Å²) in [6.45, 7) is 4.87. The lowest BCUT2D eigenvalue weighted by Crippen LogP contribution is -2.47. The number of hydrogen-bond acceptors (Lipinski definition) is 6. The molecule has 1 saturated heterocycles. The van der Waals surface area contributed by atoms with E-state index < -0.39 is 16.0 Å². The maximum Gasteiger partial charge on any atom is 0.337 e. The zero-order valence-electron chi connectivity index (χ0n) is 17.9. The lowest BCUT2D eigenvalue weighted by molar-refractivity contribution is 0.0600. The monoisotopic (exact) mass is 445 g/mol. The average molecular weight is 446 g/mol. The molecule has 166 valence electrons. The molecule has 0 aliphatic carbocycles. The Labute approximate surface area is 182 Å². The van der Waals surface area contributed by atoms with Crippen LogP contribution in [0.1, 0.15) is 31.8 Å². The first-order valence-corrected chi connectivity index (χ1v) is 11.8. The normalized spacial score (nSPS) is 15.5. The molecule has 1 heterocycles. The number of piperazine rings is 1. The van der Waals surface area contributed by atoms with E-state index in [1.165, 1.54) is 17.7 Å². The third-order valence-corrected chi connectivity index (χ3v) is 6.63. The van der Waals surface area contributed by atoms with Crippen molar-refractivity contribution >= 4 is 27.6 Å². The van der Waals surface area contributed by atoms with Gasteiger partial charge in [-0.05, 0) is 42.3 Å². The van der Waals surface area contributed by atoms with Gasteiger partial charge in [0.15, 0.2) is 0 Å². The quantitative estimate of drug-likeness (QED) is 0.685. The highest BCUT2D eigenvalue weighted by Gasteiger charge is 2.23. The second-order valence-corrected chi connectivity index (χ2v) is 9.59. The molecular formula is C22H27N3O5S. The van der Waals surface area contributed by atoms with E-state index in [9.17, 15) is 18.0 Å². The predicted molar refractivity (Wildman–Crippen MR) is 119 cm³/mol. The van der Waals surface area contributed by atoms with E-state index >= 15 is 0 Å². The molecule has 0 aromatic heterocycles. The molecule has 0 bridgehead atoms. The first kappa shape index (κ1) is 22.9. The Hall–Kier alpha value is -2.75. The lowest BCUT2D eigenvalue weighted by atomic mass is 10.1. The van der Waals surface area contributed by atoms with Crippen LogP contribution >= 0.6 is 0 Å². The van der Waals surface area contributed by atoms with Gasteiger partial charge in [0.25, 0.3) is 5.91 Å². The van der Waals surface area contributed by atoms with Crippen molar-refractivity contribution in [1.29, 1.82) is 0 Å². The molecule has 3 rings (SSSR count). The first-order valence-electron chi connectivity index (χ1n) is 9.94. The number of benzene rings is 2. The number of amides is 1. The summed E-state index contributed by atoms with van der Waals surface area (Å²) in [7, 11) is -1.83. The van der Waals surface area contributed by atoms with Gasteiger partial charge in [0, 0.05) is 44.0 Å². The standard InChI is InChI=1S/C22H27N3O5S/c1-16-4-7-19(22(27)30-2)14-20(16)23-21(26)18-8-5-17(6-9-18)15-24-10-12-25(13-11-24)31(3,28)29/h4-9,14H,10-13,15H2,1-3H3,(H,23,26). The number of rotatable bonds is 6. The van der Waals surface area contributed by atoms with Gasteiger partial charge in [-0.3, -0.25) is 9.69 Å². The van der Waals surface area contributed by atoms with Crippen molar-refractivity contribution in [2.24, 2.45) is 0 Å². The molecule has 2 aromatic rings. The summed E-state index contributed by atoms with van der Waals surface area (Å²) in [6, 6.07) is 12.3. The summed E-state index contributed by atoms with van der Waals surface area (Å²) in [5, 5.41) is 2.85. The molecule has 31 heavy (non-hydrogen) atoms. The van der Waals surface area contributed by atoms with Crippen LogP contribution < -0.4 is 5.32 Å². The number of anilines is 1. The number of nitrogens with one attached hydrogen (secondary N) is 1. The highest BCUT2D eigenvalue weighted by molar-refractivity contribution is 7.88. The van der Waals surface area contributed by atoms with Crippen molar-refractivity contribution in [1.82, 2.24) is 9.21 Å². The summed E-state index contributed by atoms with van der Waals surface area (Å²) in [6.07, 6.45) is 1.24. The van der Waals surface area contributed by atoms with Crippen LogP contribution in [0.2, 0.25) is 0 Å². The number of carbonyl (C=O) groups is 2.